The van der Waals surface area contributed by atoms with Crippen LogP contribution in [0.4, 0.5) is 5.69 Å². The molecule has 0 amide bonds. The van der Waals surface area contributed by atoms with Crippen molar-refractivity contribution in [2.75, 3.05) is 11.9 Å². The lowest BCUT2D eigenvalue weighted by Gasteiger charge is -2.15. The molecule has 0 aliphatic rings. The third-order valence-corrected chi connectivity index (χ3v) is 5.43. The van der Waals surface area contributed by atoms with Crippen molar-refractivity contribution < 1.29 is 9.47 Å². The quantitative estimate of drug-likeness (QED) is 0.322. The Hall–Kier alpha value is -3.46. The van der Waals surface area contributed by atoms with E-state index in [0.717, 1.165) is 35.7 Å². The van der Waals surface area contributed by atoms with Crippen molar-refractivity contribution >= 4 is 16.5 Å². The molecule has 31 heavy (non-hydrogen) atoms. The summed E-state index contributed by atoms with van der Waals surface area (Å²) >= 11 is 0. The van der Waals surface area contributed by atoms with Crippen LogP contribution in [0.2, 0.25) is 0 Å². The molecule has 4 rings (SSSR count). The number of rotatable bonds is 9. The van der Waals surface area contributed by atoms with Gasteiger partial charge in [-0.2, -0.15) is 0 Å². The first-order chi connectivity index (χ1) is 15.3. The zero-order valence-electron chi connectivity index (χ0n) is 18.2. The lowest BCUT2D eigenvalue weighted by molar-refractivity contribution is 0.270. The molecule has 0 fully saturated rings. The van der Waals surface area contributed by atoms with E-state index in [-0.39, 0.29) is 0 Å². The minimum Gasteiger partial charge on any atom is -0.490 e. The van der Waals surface area contributed by atoms with Crippen LogP contribution in [-0.4, -0.2) is 6.61 Å². The summed E-state index contributed by atoms with van der Waals surface area (Å²) in [6.45, 7) is 5.99. The molecule has 4 aromatic rings. The highest BCUT2D eigenvalue weighted by atomic mass is 16.5. The smallest absolute Gasteiger partial charge is 0.161 e. The van der Waals surface area contributed by atoms with Crippen molar-refractivity contribution in [1.29, 1.82) is 0 Å². The number of anilines is 1. The van der Waals surface area contributed by atoms with E-state index < -0.39 is 0 Å². The Morgan fingerprint density at radius 1 is 0.710 bits per heavy atom. The fraction of sp³-hybridized carbons (Fsp3) is 0.214. The lowest BCUT2D eigenvalue weighted by atomic mass is 10.1. The highest BCUT2D eigenvalue weighted by molar-refractivity contribution is 5.85. The fourth-order valence-corrected chi connectivity index (χ4v) is 3.69. The Balaban J connectivity index is 1.46. The van der Waals surface area contributed by atoms with E-state index in [0.29, 0.717) is 13.2 Å². The number of hydrogen-bond acceptors (Lipinski definition) is 3. The molecule has 158 valence electrons. The number of fused-ring (bicyclic) bond motifs is 1. The zero-order valence-corrected chi connectivity index (χ0v) is 18.2. The molecule has 0 unspecified atom stereocenters. The van der Waals surface area contributed by atoms with Gasteiger partial charge < -0.3 is 14.8 Å². The number of nitrogens with one attached hydrogen (secondary N) is 1. The molecule has 0 aromatic heterocycles. The highest BCUT2D eigenvalue weighted by Crippen LogP contribution is 2.30. The van der Waals surface area contributed by atoms with Crippen molar-refractivity contribution in [3.8, 4) is 11.5 Å². The largest absolute Gasteiger partial charge is 0.490 e. The normalized spacial score (nSPS) is 10.8. The maximum atomic E-state index is 6.18. The summed E-state index contributed by atoms with van der Waals surface area (Å²) < 4.78 is 12.1. The highest BCUT2D eigenvalue weighted by Gasteiger charge is 2.09. The van der Waals surface area contributed by atoms with E-state index in [2.05, 4.69) is 91.1 Å². The van der Waals surface area contributed by atoms with Crippen LogP contribution in [0.1, 0.15) is 30.5 Å². The Morgan fingerprint density at radius 2 is 1.48 bits per heavy atom. The first kappa shape index (κ1) is 20.8. The monoisotopic (exact) mass is 411 g/mol. The molecule has 0 aliphatic carbocycles. The first-order valence-electron chi connectivity index (χ1n) is 10.9. The molecular weight excluding hydrogens is 382 g/mol. The number of ether oxygens (including phenoxy) is 2. The van der Waals surface area contributed by atoms with Crippen molar-refractivity contribution in [3.05, 3.63) is 102 Å². The van der Waals surface area contributed by atoms with Crippen molar-refractivity contribution in [2.45, 2.75) is 33.4 Å². The summed E-state index contributed by atoms with van der Waals surface area (Å²) in [5.41, 5.74) is 4.78. The van der Waals surface area contributed by atoms with Crippen LogP contribution < -0.4 is 14.8 Å². The summed E-state index contributed by atoms with van der Waals surface area (Å²) in [5.74, 6) is 1.55. The molecule has 4 aromatic carbocycles. The van der Waals surface area contributed by atoms with Gasteiger partial charge in [0.15, 0.2) is 11.5 Å². The Kier molecular flexibility index (Phi) is 6.73. The number of benzene rings is 4. The average Bonchev–Trinajstić information content (AvgIpc) is 2.82. The summed E-state index contributed by atoms with van der Waals surface area (Å²) in [4.78, 5) is 0. The maximum absolute atomic E-state index is 6.18. The second-order valence-corrected chi connectivity index (χ2v) is 7.55. The minimum absolute atomic E-state index is 0.503. The number of hydrogen-bond donors (Lipinski definition) is 1. The van der Waals surface area contributed by atoms with Crippen LogP contribution in [0.15, 0.2) is 84.9 Å². The molecule has 0 heterocycles. The van der Waals surface area contributed by atoms with Crippen molar-refractivity contribution in [3.63, 3.8) is 0 Å². The third kappa shape index (κ3) is 5.18. The van der Waals surface area contributed by atoms with E-state index in [1.165, 1.54) is 21.9 Å². The van der Waals surface area contributed by atoms with E-state index in [1.54, 1.807) is 0 Å². The van der Waals surface area contributed by atoms with Gasteiger partial charge >= 0.3 is 0 Å². The van der Waals surface area contributed by atoms with Crippen molar-refractivity contribution in [2.24, 2.45) is 0 Å². The van der Waals surface area contributed by atoms with Gasteiger partial charge in [0.2, 0.25) is 0 Å². The standard InChI is InChI=1S/C28H29NO2/c1-3-21-12-15-25(16-13-21)29-19-22-14-17-27(28(18-22)30-4-2)31-20-24-10-7-9-23-8-5-6-11-26(23)24/h5-18,29H,3-4,19-20H2,1-2H3. The molecule has 0 radical (unpaired) electrons. The maximum Gasteiger partial charge on any atom is 0.161 e. The van der Waals surface area contributed by atoms with Crippen LogP contribution in [0, 0.1) is 0 Å². The van der Waals surface area contributed by atoms with Crippen LogP contribution in [0.5, 0.6) is 11.5 Å². The van der Waals surface area contributed by atoms with Crippen LogP contribution in [0.3, 0.4) is 0 Å². The van der Waals surface area contributed by atoms with Gasteiger partial charge in [-0.25, -0.2) is 0 Å². The molecule has 0 aliphatic heterocycles. The summed E-state index contributed by atoms with van der Waals surface area (Å²) in [6.07, 6.45) is 1.05. The Labute approximate surface area is 184 Å². The third-order valence-electron chi connectivity index (χ3n) is 5.43. The van der Waals surface area contributed by atoms with Gasteiger partial charge in [-0.1, -0.05) is 67.6 Å². The van der Waals surface area contributed by atoms with Crippen LogP contribution in [-0.2, 0) is 19.6 Å². The van der Waals surface area contributed by atoms with Gasteiger partial charge in [-0.3, -0.25) is 0 Å². The lowest BCUT2D eigenvalue weighted by Crippen LogP contribution is -2.03. The van der Waals surface area contributed by atoms with Gasteiger partial charge in [0.05, 0.1) is 6.61 Å². The molecule has 0 atom stereocenters. The van der Waals surface area contributed by atoms with Gasteiger partial charge in [0.25, 0.3) is 0 Å². The predicted octanol–water partition coefficient (Wildman–Crippen LogP) is 6.99. The van der Waals surface area contributed by atoms with E-state index in [1.807, 2.05) is 13.0 Å². The summed E-state index contributed by atoms with van der Waals surface area (Å²) in [6, 6.07) is 29.5. The predicted molar refractivity (Wildman–Crippen MR) is 129 cm³/mol. The Bertz CT molecular complexity index is 1130. The van der Waals surface area contributed by atoms with Gasteiger partial charge in [0, 0.05) is 12.2 Å². The van der Waals surface area contributed by atoms with Gasteiger partial charge in [0.1, 0.15) is 6.61 Å². The summed E-state index contributed by atoms with van der Waals surface area (Å²) in [7, 11) is 0. The van der Waals surface area contributed by atoms with Crippen LogP contribution >= 0.6 is 0 Å². The number of aryl methyl sites for hydroxylation is 1. The molecule has 0 saturated heterocycles. The molecule has 0 spiro atoms. The van der Waals surface area contributed by atoms with Crippen molar-refractivity contribution in [1.82, 2.24) is 0 Å². The van der Waals surface area contributed by atoms with Gasteiger partial charge in [-0.05, 0) is 65.1 Å². The topological polar surface area (TPSA) is 30.5 Å². The minimum atomic E-state index is 0.503. The molecule has 0 saturated carbocycles. The molecule has 1 N–H and O–H groups in total. The second-order valence-electron chi connectivity index (χ2n) is 7.55. The SMILES string of the molecule is CCOc1cc(CNc2ccc(CC)cc2)ccc1OCc1cccc2ccccc12. The zero-order chi connectivity index (χ0) is 21.5. The summed E-state index contributed by atoms with van der Waals surface area (Å²) in [5, 5.41) is 5.93. The van der Waals surface area contributed by atoms with E-state index in [9.17, 15) is 0 Å². The second kappa shape index (κ2) is 10.0. The van der Waals surface area contributed by atoms with Gasteiger partial charge in [-0.15, -0.1) is 0 Å². The first-order valence-corrected chi connectivity index (χ1v) is 10.9. The average molecular weight is 412 g/mol. The fourth-order valence-electron chi connectivity index (χ4n) is 3.69. The molecule has 0 bridgehead atoms. The van der Waals surface area contributed by atoms with E-state index in [4.69, 9.17) is 9.47 Å². The van der Waals surface area contributed by atoms with Crippen LogP contribution in [0.25, 0.3) is 10.8 Å². The molecular formula is C28H29NO2. The Morgan fingerprint density at radius 3 is 2.29 bits per heavy atom. The molecule has 3 nitrogen and oxygen atoms in total. The van der Waals surface area contributed by atoms with E-state index >= 15 is 0 Å². The molecule has 3 heteroatoms.